The number of fused-ring (bicyclic) bond motifs is 1. The molecule has 0 bridgehead atoms. The first-order chi connectivity index (χ1) is 15.6. The molecule has 2 aliphatic heterocycles. The van der Waals surface area contributed by atoms with Crippen molar-refractivity contribution in [2.24, 2.45) is 0 Å². The molecule has 2 amide bonds. The molecule has 0 aromatic carbocycles. The summed E-state index contributed by atoms with van der Waals surface area (Å²) in [7, 11) is 1.67. The number of likely N-dealkylation sites (tertiary alicyclic amines) is 2. The zero-order chi connectivity index (χ0) is 22.2. The fourth-order valence-electron chi connectivity index (χ4n) is 4.13. The van der Waals surface area contributed by atoms with E-state index in [0.717, 1.165) is 17.8 Å². The minimum Gasteiger partial charge on any atom is -0.471 e. The second-order valence-electron chi connectivity index (χ2n) is 8.07. The number of carbonyl (C=O) groups excluding carboxylic acids is 1. The Balaban J connectivity index is 1.35. The molecule has 0 radical (unpaired) electrons. The molecular weight excluding hydrogens is 412 g/mol. The summed E-state index contributed by atoms with van der Waals surface area (Å²) >= 11 is 0. The monoisotopic (exact) mass is 438 g/mol. The normalized spacial score (nSPS) is 18.9. The third-order valence-corrected chi connectivity index (χ3v) is 6.00. The van der Waals surface area contributed by atoms with Gasteiger partial charge in [-0.25, -0.2) is 24.7 Å². The number of hydrogen-bond acceptors (Lipinski definition) is 8. The fourth-order valence-corrected chi connectivity index (χ4v) is 4.13. The van der Waals surface area contributed by atoms with Gasteiger partial charge < -0.3 is 23.8 Å². The number of aromatic nitrogens is 6. The second kappa shape index (κ2) is 8.30. The van der Waals surface area contributed by atoms with Crippen LogP contribution in [0.3, 0.4) is 0 Å². The molecule has 5 heterocycles. The van der Waals surface area contributed by atoms with Crippen LogP contribution >= 0.6 is 0 Å². The minimum atomic E-state index is -0.144. The Morgan fingerprint density at radius 2 is 1.84 bits per heavy atom. The van der Waals surface area contributed by atoms with Crippen LogP contribution < -0.4 is 4.74 Å². The third kappa shape index (κ3) is 3.62. The number of imidazole rings is 1. The predicted molar refractivity (Wildman–Crippen MR) is 115 cm³/mol. The quantitative estimate of drug-likeness (QED) is 0.589. The Hall–Kier alpha value is -3.34. The van der Waals surface area contributed by atoms with Crippen molar-refractivity contribution in [2.45, 2.75) is 39.0 Å². The van der Waals surface area contributed by atoms with Gasteiger partial charge >= 0.3 is 6.03 Å². The van der Waals surface area contributed by atoms with Crippen LogP contribution in [-0.4, -0.2) is 90.8 Å². The zero-order valence-corrected chi connectivity index (χ0v) is 18.4. The smallest absolute Gasteiger partial charge is 0.320 e. The van der Waals surface area contributed by atoms with E-state index in [1.807, 2.05) is 23.3 Å². The number of nitrogens with zero attached hydrogens (tertiary/aromatic N) is 8. The highest BCUT2D eigenvalue weighted by molar-refractivity contribution is 5.81. The van der Waals surface area contributed by atoms with Gasteiger partial charge in [0.15, 0.2) is 11.2 Å². The van der Waals surface area contributed by atoms with E-state index in [-0.39, 0.29) is 18.2 Å². The number of methoxy groups -OCH3 is 1. The van der Waals surface area contributed by atoms with E-state index >= 15 is 0 Å². The lowest BCUT2D eigenvalue weighted by atomic mass is 10.2. The standard InChI is InChI=1S/C21H26N8O3/c1-4-29-18(14-7-22-13(2)23-8-14)26-17-19(29)24-12-25-20(17)32-15-5-6-27(9-15)21(30)28-10-16(11-28)31-3/h7-8,12,15-16H,4-6,9-11H2,1-3H3/t15-/m0/s1. The zero-order valence-electron chi connectivity index (χ0n) is 18.4. The fraction of sp³-hybridized carbons (Fsp3) is 0.524. The van der Waals surface area contributed by atoms with Crippen LogP contribution in [0.15, 0.2) is 18.7 Å². The topological polar surface area (TPSA) is 111 Å². The van der Waals surface area contributed by atoms with E-state index in [9.17, 15) is 4.79 Å². The summed E-state index contributed by atoms with van der Waals surface area (Å²) in [6.07, 6.45) is 5.75. The molecule has 2 saturated heterocycles. The molecule has 0 unspecified atom stereocenters. The molecule has 0 spiro atoms. The van der Waals surface area contributed by atoms with Crippen molar-refractivity contribution < 1.29 is 14.3 Å². The van der Waals surface area contributed by atoms with Crippen molar-refractivity contribution in [1.29, 1.82) is 0 Å². The summed E-state index contributed by atoms with van der Waals surface area (Å²) in [5, 5.41) is 0. The van der Waals surface area contributed by atoms with Crippen LogP contribution in [0.2, 0.25) is 0 Å². The molecule has 0 saturated carbocycles. The van der Waals surface area contributed by atoms with Gasteiger partial charge in [0.25, 0.3) is 0 Å². The molecule has 1 atom stereocenters. The number of amides is 2. The van der Waals surface area contributed by atoms with Gasteiger partial charge in [-0.3, -0.25) is 0 Å². The third-order valence-electron chi connectivity index (χ3n) is 6.00. The van der Waals surface area contributed by atoms with Crippen LogP contribution in [0, 0.1) is 6.92 Å². The number of rotatable bonds is 5. The van der Waals surface area contributed by atoms with Crippen molar-refractivity contribution in [2.75, 3.05) is 33.3 Å². The molecule has 2 fully saturated rings. The van der Waals surface area contributed by atoms with E-state index in [4.69, 9.17) is 14.5 Å². The molecule has 2 aliphatic rings. The minimum absolute atomic E-state index is 0.0363. The second-order valence-corrected chi connectivity index (χ2v) is 8.07. The molecule has 3 aromatic rings. The summed E-state index contributed by atoms with van der Waals surface area (Å²) in [5.41, 5.74) is 2.11. The van der Waals surface area contributed by atoms with Gasteiger partial charge in [0.2, 0.25) is 5.88 Å². The highest BCUT2D eigenvalue weighted by atomic mass is 16.5. The highest BCUT2D eigenvalue weighted by Gasteiger charge is 2.37. The average Bonchev–Trinajstić information content (AvgIpc) is 3.38. The van der Waals surface area contributed by atoms with Crippen LogP contribution in [-0.2, 0) is 11.3 Å². The molecule has 168 valence electrons. The molecule has 11 nitrogen and oxygen atoms in total. The average molecular weight is 438 g/mol. The number of ether oxygens (including phenoxy) is 2. The van der Waals surface area contributed by atoms with Crippen LogP contribution in [0.4, 0.5) is 4.79 Å². The molecule has 32 heavy (non-hydrogen) atoms. The molecule has 0 aliphatic carbocycles. The molecule has 5 rings (SSSR count). The predicted octanol–water partition coefficient (Wildman–Crippen LogP) is 1.52. The van der Waals surface area contributed by atoms with Gasteiger partial charge in [0, 0.05) is 39.0 Å². The van der Waals surface area contributed by atoms with E-state index in [0.29, 0.717) is 55.6 Å². The largest absolute Gasteiger partial charge is 0.471 e. The van der Waals surface area contributed by atoms with Crippen molar-refractivity contribution >= 4 is 17.2 Å². The van der Waals surface area contributed by atoms with Gasteiger partial charge in [-0.2, -0.15) is 4.98 Å². The number of urea groups is 1. The van der Waals surface area contributed by atoms with Crippen molar-refractivity contribution in [3.05, 3.63) is 24.5 Å². The Morgan fingerprint density at radius 1 is 1.09 bits per heavy atom. The maximum Gasteiger partial charge on any atom is 0.320 e. The lowest BCUT2D eigenvalue weighted by molar-refractivity contribution is -0.0147. The van der Waals surface area contributed by atoms with Gasteiger partial charge in [-0.15, -0.1) is 0 Å². The van der Waals surface area contributed by atoms with Crippen LogP contribution in [0.25, 0.3) is 22.6 Å². The van der Waals surface area contributed by atoms with Crippen molar-refractivity contribution in [1.82, 2.24) is 39.3 Å². The molecule has 11 heteroatoms. The van der Waals surface area contributed by atoms with Gasteiger partial charge in [-0.1, -0.05) is 0 Å². The lowest BCUT2D eigenvalue weighted by Crippen LogP contribution is -2.58. The maximum absolute atomic E-state index is 12.7. The van der Waals surface area contributed by atoms with Crippen molar-refractivity contribution in [3.63, 3.8) is 0 Å². The summed E-state index contributed by atoms with van der Waals surface area (Å²) in [5.74, 6) is 1.86. The molecule has 3 aromatic heterocycles. The number of carbonyl (C=O) groups is 1. The summed E-state index contributed by atoms with van der Waals surface area (Å²) in [6, 6.07) is 0.0363. The first kappa shape index (κ1) is 20.6. The Kier molecular flexibility index (Phi) is 5.33. The van der Waals surface area contributed by atoms with Crippen LogP contribution in [0.1, 0.15) is 19.2 Å². The first-order valence-electron chi connectivity index (χ1n) is 10.8. The van der Waals surface area contributed by atoms with Gasteiger partial charge in [0.05, 0.1) is 31.3 Å². The lowest BCUT2D eigenvalue weighted by Gasteiger charge is -2.40. The van der Waals surface area contributed by atoms with Crippen molar-refractivity contribution in [3.8, 4) is 17.3 Å². The Morgan fingerprint density at radius 3 is 2.56 bits per heavy atom. The van der Waals surface area contributed by atoms with E-state index in [1.54, 1.807) is 24.4 Å². The summed E-state index contributed by atoms with van der Waals surface area (Å²) in [6.45, 7) is 7.02. The highest BCUT2D eigenvalue weighted by Crippen LogP contribution is 2.29. The van der Waals surface area contributed by atoms with E-state index < -0.39 is 0 Å². The maximum atomic E-state index is 12.7. The number of hydrogen-bond donors (Lipinski definition) is 0. The SMILES string of the molecule is CCn1c(-c2cnc(C)nc2)nc2c(O[C@H]3CCN(C(=O)N4CC(OC)C4)C3)ncnc21. The Bertz CT molecular complexity index is 1130. The summed E-state index contributed by atoms with van der Waals surface area (Å²) in [4.78, 5) is 38.4. The summed E-state index contributed by atoms with van der Waals surface area (Å²) < 4.78 is 13.5. The molecular formula is C21H26N8O3. The molecule has 0 N–H and O–H groups in total. The van der Waals surface area contributed by atoms with E-state index in [1.165, 1.54) is 6.33 Å². The Labute approximate surface area is 185 Å². The first-order valence-corrected chi connectivity index (χ1v) is 10.8. The van der Waals surface area contributed by atoms with Gasteiger partial charge in [0.1, 0.15) is 24.1 Å². The van der Waals surface area contributed by atoms with Gasteiger partial charge in [-0.05, 0) is 13.8 Å². The van der Waals surface area contributed by atoms with Crippen LogP contribution in [0.5, 0.6) is 5.88 Å². The van der Waals surface area contributed by atoms with E-state index in [2.05, 4.69) is 19.9 Å². The number of aryl methyl sites for hydroxylation is 2.